The Hall–Kier alpha value is -3.74. The predicted molar refractivity (Wildman–Crippen MR) is 126 cm³/mol. The van der Waals surface area contributed by atoms with Crippen LogP contribution >= 0.6 is 11.5 Å². The van der Waals surface area contributed by atoms with Crippen molar-refractivity contribution in [3.8, 4) is 28.5 Å². The summed E-state index contributed by atoms with van der Waals surface area (Å²) in [5, 5.41) is 25.9. The lowest BCUT2D eigenvalue weighted by molar-refractivity contribution is 0.108. The summed E-state index contributed by atoms with van der Waals surface area (Å²) in [6, 6.07) is 8.14. The summed E-state index contributed by atoms with van der Waals surface area (Å²) in [6.07, 6.45) is 10.6. The van der Waals surface area contributed by atoms with Crippen molar-refractivity contribution in [2.24, 2.45) is 0 Å². The lowest BCUT2D eigenvalue weighted by atomic mass is 9.93. The number of furan rings is 1. The van der Waals surface area contributed by atoms with Crippen LogP contribution in [0.25, 0.3) is 43.5 Å². The van der Waals surface area contributed by atoms with Gasteiger partial charge >= 0.3 is 0 Å². The number of hydrogen-bond donors (Lipinski definition) is 2. The number of hydrogen-bond acceptors (Lipinski definition) is 8. The van der Waals surface area contributed by atoms with Crippen molar-refractivity contribution in [1.82, 2.24) is 19.1 Å². The van der Waals surface area contributed by atoms with E-state index in [1.165, 1.54) is 11.5 Å². The third-order valence-electron chi connectivity index (χ3n) is 6.43. The van der Waals surface area contributed by atoms with E-state index >= 15 is 0 Å². The number of rotatable bonds is 3. The zero-order chi connectivity index (χ0) is 22.5. The van der Waals surface area contributed by atoms with Crippen molar-refractivity contribution in [3.05, 3.63) is 48.5 Å². The number of aliphatic hydroxyl groups excluding tert-OH is 1. The first-order valence-electron chi connectivity index (χ1n) is 10.8. The fraction of sp³-hybridized carbons (Fsp3) is 0.250. The average molecular weight is 457 g/mol. The number of nitrogen functional groups attached to an aromatic ring is 1. The summed E-state index contributed by atoms with van der Waals surface area (Å²) in [7, 11) is 0. The monoisotopic (exact) mass is 456 g/mol. The van der Waals surface area contributed by atoms with Crippen molar-refractivity contribution in [2.45, 2.75) is 37.8 Å². The molecule has 4 heterocycles. The number of nitrogens with zero attached hydrogens (tertiary/aromatic N) is 5. The molecule has 1 saturated carbocycles. The molecule has 33 heavy (non-hydrogen) atoms. The molecule has 3 N–H and O–H groups in total. The molecule has 0 saturated heterocycles. The van der Waals surface area contributed by atoms with Gasteiger partial charge in [-0.15, -0.1) is 0 Å². The summed E-state index contributed by atoms with van der Waals surface area (Å²) in [6.45, 7) is 0. The van der Waals surface area contributed by atoms with Crippen LogP contribution in [0.4, 0.5) is 5.82 Å². The highest BCUT2D eigenvalue weighted by Gasteiger charge is 2.23. The fourth-order valence-electron chi connectivity index (χ4n) is 4.67. The van der Waals surface area contributed by atoms with Gasteiger partial charge in [0, 0.05) is 40.5 Å². The minimum atomic E-state index is -0.206. The summed E-state index contributed by atoms with van der Waals surface area (Å²) >= 11 is 1.33. The van der Waals surface area contributed by atoms with Gasteiger partial charge in [0.2, 0.25) is 0 Å². The normalized spacial score (nSPS) is 18.7. The molecule has 9 heteroatoms. The van der Waals surface area contributed by atoms with E-state index in [0.717, 1.165) is 57.8 Å². The summed E-state index contributed by atoms with van der Waals surface area (Å²) in [4.78, 5) is 4.36. The third kappa shape index (κ3) is 3.26. The van der Waals surface area contributed by atoms with Gasteiger partial charge in [0.15, 0.2) is 11.4 Å². The fourth-order valence-corrected chi connectivity index (χ4v) is 5.47. The van der Waals surface area contributed by atoms with Crippen molar-refractivity contribution in [3.63, 3.8) is 0 Å². The summed E-state index contributed by atoms with van der Waals surface area (Å²) < 4.78 is 13.3. The maximum absolute atomic E-state index is 9.80. The molecule has 0 bridgehead atoms. The molecule has 1 aliphatic rings. The molecule has 0 atom stereocenters. The van der Waals surface area contributed by atoms with Crippen LogP contribution in [0.3, 0.4) is 0 Å². The number of fused-ring (bicyclic) bond motifs is 2. The molecule has 6 rings (SSSR count). The highest BCUT2D eigenvalue weighted by atomic mass is 32.1. The molecular weight excluding hydrogens is 436 g/mol. The standard InChI is InChI=1S/C24H20N6O2S/c25-8-13-1-2-14-10-29-33-23(14)21(13)20-7-18-19(11-27-24(26)22(18)32-20)15-9-28-30(12-15)16-3-5-17(31)6-4-16/h1-2,7,9-12,16-17,31H,3-6H2,(H2,26,27). The van der Waals surface area contributed by atoms with Crippen LogP contribution in [0.15, 0.2) is 47.4 Å². The van der Waals surface area contributed by atoms with Crippen LogP contribution in [0.2, 0.25) is 0 Å². The molecule has 1 aromatic carbocycles. The Bertz CT molecular complexity index is 1530. The quantitative estimate of drug-likeness (QED) is 0.395. The highest BCUT2D eigenvalue weighted by Crippen LogP contribution is 2.41. The lowest BCUT2D eigenvalue weighted by Crippen LogP contribution is -2.21. The van der Waals surface area contributed by atoms with Crippen molar-refractivity contribution < 1.29 is 9.52 Å². The maximum Gasteiger partial charge on any atom is 0.177 e. The Morgan fingerprint density at radius 2 is 2.03 bits per heavy atom. The van der Waals surface area contributed by atoms with E-state index in [1.54, 1.807) is 18.5 Å². The number of nitriles is 1. The van der Waals surface area contributed by atoms with Crippen LogP contribution in [0.1, 0.15) is 37.3 Å². The number of aromatic nitrogens is 4. The molecule has 0 unspecified atom stereocenters. The first kappa shape index (κ1) is 19.9. The minimum Gasteiger partial charge on any atom is -0.452 e. The van der Waals surface area contributed by atoms with Crippen LogP contribution in [0.5, 0.6) is 0 Å². The van der Waals surface area contributed by atoms with Gasteiger partial charge in [-0.3, -0.25) is 4.68 Å². The second-order valence-electron chi connectivity index (χ2n) is 8.43. The van der Waals surface area contributed by atoms with Crippen molar-refractivity contribution in [1.29, 1.82) is 5.26 Å². The Labute approximate surface area is 193 Å². The first-order valence-corrected chi connectivity index (χ1v) is 11.6. The number of benzene rings is 1. The van der Waals surface area contributed by atoms with Gasteiger partial charge in [-0.05, 0) is 49.3 Å². The Morgan fingerprint density at radius 3 is 2.85 bits per heavy atom. The van der Waals surface area contributed by atoms with Gasteiger partial charge in [-0.25, -0.2) is 4.98 Å². The number of anilines is 1. The molecule has 8 nitrogen and oxygen atoms in total. The molecular formula is C24H20N6O2S. The molecule has 0 spiro atoms. The largest absolute Gasteiger partial charge is 0.452 e. The number of aliphatic hydroxyl groups is 1. The van der Waals surface area contributed by atoms with Gasteiger partial charge in [0.05, 0.1) is 40.2 Å². The number of pyridine rings is 1. The number of nitrogens with two attached hydrogens (primary N) is 1. The molecule has 1 aliphatic carbocycles. The van der Waals surface area contributed by atoms with E-state index in [0.29, 0.717) is 22.7 Å². The lowest BCUT2D eigenvalue weighted by Gasteiger charge is -2.25. The third-order valence-corrected chi connectivity index (χ3v) is 7.26. The van der Waals surface area contributed by atoms with Crippen molar-refractivity contribution >= 4 is 38.4 Å². The van der Waals surface area contributed by atoms with Crippen LogP contribution in [-0.4, -0.2) is 30.3 Å². The summed E-state index contributed by atoms with van der Waals surface area (Å²) in [5.74, 6) is 0.856. The van der Waals surface area contributed by atoms with Crippen molar-refractivity contribution in [2.75, 3.05) is 5.73 Å². The second-order valence-corrected chi connectivity index (χ2v) is 9.23. The zero-order valence-electron chi connectivity index (χ0n) is 17.6. The highest BCUT2D eigenvalue weighted by molar-refractivity contribution is 7.14. The molecule has 0 aliphatic heterocycles. The zero-order valence-corrected chi connectivity index (χ0v) is 18.4. The molecule has 164 valence electrons. The molecule has 4 aromatic heterocycles. The van der Waals surface area contributed by atoms with E-state index in [1.807, 2.05) is 29.2 Å². The van der Waals surface area contributed by atoms with Gasteiger partial charge in [-0.2, -0.15) is 14.7 Å². The van der Waals surface area contributed by atoms with Gasteiger partial charge in [-0.1, -0.05) is 6.07 Å². The second kappa shape index (κ2) is 7.69. The predicted octanol–water partition coefficient (Wildman–Crippen LogP) is 4.90. The molecule has 1 fully saturated rings. The molecule has 0 radical (unpaired) electrons. The SMILES string of the molecule is N#Cc1ccc2cnsc2c1-c1cc2c(-c3cnn(C4CCC(O)CC4)c3)cnc(N)c2o1. The van der Waals surface area contributed by atoms with E-state index in [2.05, 4.69) is 20.5 Å². The Balaban J connectivity index is 1.47. The Morgan fingerprint density at radius 1 is 1.18 bits per heavy atom. The first-order chi connectivity index (χ1) is 16.1. The topological polar surface area (TPSA) is 127 Å². The van der Waals surface area contributed by atoms with E-state index in [4.69, 9.17) is 10.2 Å². The Kier molecular flexibility index (Phi) is 4.64. The van der Waals surface area contributed by atoms with Gasteiger partial charge < -0.3 is 15.3 Å². The smallest absolute Gasteiger partial charge is 0.177 e. The van der Waals surface area contributed by atoms with Gasteiger partial charge in [0.25, 0.3) is 0 Å². The summed E-state index contributed by atoms with van der Waals surface area (Å²) in [5.41, 5.74) is 9.68. The minimum absolute atomic E-state index is 0.206. The maximum atomic E-state index is 9.80. The van der Waals surface area contributed by atoms with Crippen LogP contribution < -0.4 is 5.73 Å². The van der Waals surface area contributed by atoms with E-state index < -0.39 is 0 Å². The van der Waals surface area contributed by atoms with Crippen LogP contribution in [-0.2, 0) is 0 Å². The molecule has 0 amide bonds. The van der Waals surface area contributed by atoms with Gasteiger partial charge in [0.1, 0.15) is 5.76 Å². The van der Waals surface area contributed by atoms with E-state index in [-0.39, 0.29) is 12.1 Å². The van der Waals surface area contributed by atoms with Crippen LogP contribution in [0, 0.1) is 11.3 Å². The molecule has 5 aromatic rings. The van der Waals surface area contributed by atoms with E-state index in [9.17, 15) is 10.4 Å². The average Bonchev–Trinajstić information content (AvgIpc) is 3.58.